The fraction of sp³-hybridized carbons (Fsp3) is 0.368. The maximum atomic E-state index is 14.2. The number of carbonyl (C=O) groups excluding carboxylic acids is 2. The van der Waals surface area contributed by atoms with E-state index >= 15 is 0 Å². The van der Waals surface area contributed by atoms with E-state index in [1.807, 2.05) is 30.3 Å². The molecule has 0 atom stereocenters. The second-order valence-electron chi connectivity index (χ2n) is 14.1. The quantitative estimate of drug-likeness (QED) is 0.229. The van der Waals surface area contributed by atoms with Gasteiger partial charge in [-0.15, -0.1) is 0 Å². The standard InChI is InChI=1S/C38H39FINO4/c1-37(2)17-28-34(30(42)19-37)33(25-15-27(40)36(32(16-25)44-5)45-22-24-11-13-26(39)14-12-24)35-29(18-38(3,4)20-31(35)43)41(28)21-23-9-7-6-8-10-23/h6-16,33H,17-22H2,1-5H3. The molecule has 0 spiro atoms. The first-order valence-electron chi connectivity index (χ1n) is 15.4. The van der Waals surface area contributed by atoms with Gasteiger partial charge in [0.1, 0.15) is 12.4 Å². The molecule has 3 aromatic carbocycles. The summed E-state index contributed by atoms with van der Waals surface area (Å²) in [6.07, 6.45) is 2.35. The van der Waals surface area contributed by atoms with E-state index in [-0.39, 0.29) is 34.8 Å². The molecular weight excluding hydrogens is 680 g/mol. The van der Waals surface area contributed by atoms with Gasteiger partial charge in [-0.25, -0.2) is 4.39 Å². The Bertz CT molecular complexity index is 1670. The van der Waals surface area contributed by atoms with Crippen LogP contribution in [0.25, 0.3) is 0 Å². The number of rotatable bonds is 7. The van der Waals surface area contributed by atoms with E-state index < -0.39 is 5.92 Å². The van der Waals surface area contributed by atoms with Gasteiger partial charge in [0, 0.05) is 47.8 Å². The number of benzene rings is 3. The zero-order chi connectivity index (χ0) is 32.1. The topological polar surface area (TPSA) is 55.8 Å². The highest BCUT2D eigenvalue weighted by molar-refractivity contribution is 14.1. The molecule has 2 aliphatic carbocycles. The Morgan fingerprint density at radius 1 is 0.822 bits per heavy atom. The van der Waals surface area contributed by atoms with Crippen molar-refractivity contribution in [1.29, 1.82) is 0 Å². The highest BCUT2D eigenvalue weighted by Crippen LogP contribution is 2.55. The summed E-state index contributed by atoms with van der Waals surface area (Å²) >= 11 is 2.24. The molecule has 0 saturated heterocycles. The number of carbonyl (C=O) groups is 2. The van der Waals surface area contributed by atoms with E-state index in [1.165, 1.54) is 12.1 Å². The van der Waals surface area contributed by atoms with Crippen molar-refractivity contribution in [3.05, 3.63) is 115 Å². The minimum absolute atomic E-state index is 0.0964. The van der Waals surface area contributed by atoms with Gasteiger partial charge in [-0.2, -0.15) is 0 Å². The van der Waals surface area contributed by atoms with Crippen LogP contribution in [0.4, 0.5) is 4.39 Å². The number of allylic oxidation sites excluding steroid dienone is 4. The minimum atomic E-state index is -0.484. The Labute approximate surface area is 278 Å². The van der Waals surface area contributed by atoms with Gasteiger partial charge < -0.3 is 14.4 Å². The molecule has 1 aliphatic heterocycles. The predicted molar refractivity (Wildman–Crippen MR) is 181 cm³/mol. The summed E-state index contributed by atoms with van der Waals surface area (Å²) in [5.74, 6) is 0.514. The summed E-state index contributed by atoms with van der Waals surface area (Å²) in [6, 6.07) is 20.5. The third kappa shape index (κ3) is 6.33. The second kappa shape index (κ2) is 12.0. The Balaban J connectivity index is 1.50. The molecule has 0 bridgehead atoms. The molecule has 3 aliphatic rings. The molecule has 45 heavy (non-hydrogen) atoms. The normalized spacial score (nSPS) is 19.4. The highest BCUT2D eigenvalue weighted by Gasteiger charge is 2.49. The van der Waals surface area contributed by atoms with Crippen molar-refractivity contribution in [2.45, 2.75) is 72.4 Å². The first kappa shape index (κ1) is 31.5. The van der Waals surface area contributed by atoms with Crippen molar-refractivity contribution in [3.8, 4) is 11.5 Å². The third-order valence-corrected chi connectivity index (χ3v) is 9.89. The van der Waals surface area contributed by atoms with Crippen molar-refractivity contribution in [1.82, 2.24) is 4.90 Å². The first-order valence-corrected chi connectivity index (χ1v) is 16.5. The average molecular weight is 720 g/mol. The molecule has 0 aromatic heterocycles. The third-order valence-electron chi connectivity index (χ3n) is 9.09. The molecule has 234 valence electrons. The van der Waals surface area contributed by atoms with Crippen molar-refractivity contribution in [2.24, 2.45) is 10.8 Å². The largest absolute Gasteiger partial charge is 0.493 e. The Morgan fingerprint density at radius 2 is 1.40 bits per heavy atom. The maximum Gasteiger partial charge on any atom is 0.174 e. The van der Waals surface area contributed by atoms with Gasteiger partial charge in [0.25, 0.3) is 0 Å². The van der Waals surface area contributed by atoms with Crippen molar-refractivity contribution in [3.63, 3.8) is 0 Å². The van der Waals surface area contributed by atoms with E-state index in [4.69, 9.17) is 9.47 Å². The highest BCUT2D eigenvalue weighted by atomic mass is 127. The minimum Gasteiger partial charge on any atom is -0.493 e. The molecule has 0 N–H and O–H groups in total. The van der Waals surface area contributed by atoms with Gasteiger partial charge in [-0.3, -0.25) is 9.59 Å². The van der Waals surface area contributed by atoms with Crippen molar-refractivity contribution < 1.29 is 23.5 Å². The molecular formula is C38H39FINO4. The van der Waals surface area contributed by atoms with Gasteiger partial charge in [0.05, 0.1) is 10.7 Å². The molecule has 1 heterocycles. The predicted octanol–water partition coefficient (Wildman–Crippen LogP) is 8.90. The number of hydrogen-bond donors (Lipinski definition) is 0. The molecule has 7 heteroatoms. The Hall–Kier alpha value is -3.46. The maximum absolute atomic E-state index is 14.2. The lowest BCUT2D eigenvalue weighted by atomic mass is 9.63. The monoisotopic (exact) mass is 719 g/mol. The fourth-order valence-electron chi connectivity index (χ4n) is 7.12. The van der Waals surface area contributed by atoms with Crippen molar-refractivity contribution >= 4 is 34.2 Å². The van der Waals surface area contributed by atoms with Crippen LogP contribution in [-0.4, -0.2) is 23.6 Å². The Morgan fingerprint density at radius 3 is 1.96 bits per heavy atom. The average Bonchev–Trinajstić information content (AvgIpc) is 2.97. The number of ether oxygens (including phenoxy) is 2. The van der Waals surface area contributed by atoms with Crippen LogP contribution < -0.4 is 9.47 Å². The van der Waals surface area contributed by atoms with E-state index in [0.29, 0.717) is 30.9 Å². The molecule has 0 amide bonds. The summed E-state index contributed by atoms with van der Waals surface area (Å²) in [5, 5.41) is 0. The van der Waals surface area contributed by atoms with Gasteiger partial charge in [-0.1, -0.05) is 70.2 Å². The zero-order valence-electron chi connectivity index (χ0n) is 26.5. The molecule has 3 aromatic rings. The van der Waals surface area contributed by atoms with Crippen LogP contribution >= 0.6 is 22.6 Å². The van der Waals surface area contributed by atoms with Crippen molar-refractivity contribution in [2.75, 3.05) is 7.11 Å². The lowest BCUT2D eigenvalue weighted by Gasteiger charge is -2.49. The summed E-state index contributed by atoms with van der Waals surface area (Å²) in [7, 11) is 1.60. The SMILES string of the molecule is COc1cc(C2C3=C(CC(C)(C)CC3=O)N(Cc3ccccc3)C3=C2C(=O)CC(C)(C)C3)cc(I)c1OCc1ccc(F)cc1. The molecule has 0 unspecified atom stereocenters. The van der Waals surface area contributed by atoms with Crippen LogP contribution in [0.1, 0.15) is 76.0 Å². The fourth-order valence-corrected chi connectivity index (χ4v) is 7.90. The lowest BCUT2D eigenvalue weighted by Crippen LogP contribution is -2.44. The molecule has 0 fully saturated rings. The van der Waals surface area contributed by atoms with E-state index in [1.54, 1.807) is 19.2 Å². The Kier molecular flexibility index (Phi) is 8.44. The number of nitrogens with zero attached hydrogens (tertiary/aromatic N) is 1. The van der Waals surface area contributed by atoms with Gasteiger partial charge in [0.2, 0.25) is 0 Å². The summed E-state index contributed by atoms with van der Waals surface area (Å²) in [5.41, 5.74) is 5.94. The van der Waals surface area contributed by atoms with Crippen LogP contribution in [0.15, 0.2) is 89.3 Å². The number of Topliss-reactive ketones (excluding diaryl/α,β-unsaturated/α-hetero) is 2. The summed E-state index contributed by atoms with van der Waals surface area (Å²) in [4.78, 5) is 30.7. The van der Waals surface area contributed by atoms with E-state index in [2.05, 4.69) is 67.3 Å². The summed E-state index contributed by atoms with van der Waals surface area (Å²) in [6.45, 7) is 9.48. The second-order valence-corrected chi connectivity index (χ2v) is 15.2. The number of ketones is 2. The van der Waals surface area contributed by atoms with E-state index in [9.17, 15) is 14.0 Å². The number of hydrogen-bond acceptors (Lipinski definition) is 5. The van der Waals surface area contributed by atoms with Gasteiger partial charge in [-0.05, 0) is 87.2 Å². The van der Waals surface area contributed by atoms with Gasteiger partial charge in [0.15, 0.2) is 23.1 Å². The van der Waals surface area contributed by atoms with Crippen LogP contribution in [0, 0.1) is 20.2 Å². The van der Waals surface area contributed by atoms with Gasteiger partial charge >= 0.3 is 0 Å². The van der Waals surface area contributed by atoms with Crippen LogP contribution in [0.3, 0.4) is 0 Å². The number of methoxy groups -OCH3 is 1. The number of halogens is 2. The molecule has 6 rings (SSSR count). The molecule has 5 nitrogen and oxygen atoms in total. The molecule has 0 radical (unpaired) electrons. The van der Waals surface area contributed by atoms with Crippen LogP contribution in [0.2, 0.25) is 0 Å². The lowest BCUT2D eigenvalue weighted by molar-refractivity contribution is -0.119. The smallest absolute Gasteiger partial charge is 0.174 e. The first-order chi connectivity index (χ1) is 21.4. The van der Waals surface area contributed by atoms with Crippen LogP contribution in [-0.2, 0) is 22.7 Å². The zero-order valence-corrected chi connectivity index (χ0v) is 28.7. The van der Waals surface area contributed by atoms with Crippen LogP contribution in [0.5, 0.6) is 11.5 Å². The van der Waals surface area contributed by atoms with E-state index in [0.717, 1.165) is 55.6 Å². The summed E-state index contributed by atoms with van der Waals surface area (Å²) < 4.78 is 26.3. The molecule has 0 saturated carbocycles.